The number of nitrogens with zero attached hydrogens (tertiary/aromatic N) is 2. The number of aromatic nitrogens is 2. The van der Waals surface area contributed by atoms with Crippen molar-refractivity contribution in [2.45, 2.75) is 0 Å². The predicted octanol–water partition coefficient (Wildman–Crippen LogP) is 3.39. The van der Waals surface area contributed by atoms with Gasteiger partial charge in [-0.2, -0.15) is 0 Å². The van der Waals surface area contributed by atoms with E-state index < -0.39 is 0 Å². The third kappa shape index (κ3) is 2.31. The molecule has 0 radical (unpaired) electrons. The maximum atomic E-state index is 5.89. The minimum Gasteiger partial charge on any atom is -0.383 e. The van der Waals surface area contributed by atoms with Crippen LogP contribution < -0.4 is 5.73 Å². The lowest BCUT2D eigenvalue weighted by Gasteiger charge is -2.06. The molecule has 0 saturated heterocycles. The second kappa shape index (κ2) is 4.90. The lowest BCUT2D eigenvalue weighted by molar-refractivity contribution is 1.28. The number of nitrogens with two attached hydrogens (primary N) is 1. The quantitative estimate of drug-likeness (QED) is 0.755. The smallest absolute Gasteiger partial charge is 0.132 e. The maximum Gasteiger partial charge on any atom is 0.132 e. The normalized spacial score (nSPS) is 10.3. The monoisotopic (exact) mass is 247 g/mol. The Hall–Kier alpha value is -2.68. The van der Waals surface area contributed by atoms with Gasteiger partial charge in [0, 0.05) is 17.3 Å². The topological polar surface area (TPSA) is 51.8 Å². The molecule has 0 amide bonds. The molecular weight excluding hydrogens is 234 g/mol. The lowest BCUT2D eigenvalue weighted by Crippen LogP contribution is -1.95. The molecule has 0 bridgehead atoms. The van der Waals surface area contributed by atoms with Gasteiger partial charge in [-0.05, 0) is 24.3 Å². The average molecular weight is 247 g/mol. The summed E-state index contributed by atoms with van der Waals surface area (Å²) in [5, 5.41) is 0. The van der Waals surface area contributed by atoms with Crippen LogP contribution in [0.4, 0.5) is 5.82 Å². The average Bonchev–Trinajstić information content (AvgIpc) is 2.49. The van der Waals surface area contributed by atoms with E-state index in [1.807, 2.05) is 60.7 Å². The van der Waals surface area contributed by atoms with E-state index in [9.17, 15) is 0 Å². The Kier molecular flexibility index (Phi) is 2.94. The number of pyridine rings is 2. The molecule has 92 valence electrons. The maximum absolute atomic E-state index is 5.89. The third-order valence-corrected chi connectivity index (χ3v) is 2.93. The van der Waals surface area contributed by atoms with Gasteiger partial charge in [0.1, 0.15) is 5.82 Å². The van der Waals surface area contributed by atoms with E-state index in [1.165, 1.54) is 0 Å². The van der Waals surface area contributed by atoms with Crippen molar-refractivity contribution < 1.29 is 0 Å². The number of hydrogen-bond donors (Lipinski definition) is 1. The van der Waals surface area contributed by atoms with Crippen molar-refractivity contribution in [2.24, 2.45) is 0 Å². The first-order valence-corrected chi connectivity index (χ1v) is 6.08. The largest absolute Gasteiger partial charge is 0.383 e. The molecule has 2 aromatic heterocycles. The summed E-state index contributed by atoms with van der Waals surface area (Å²) < 4.78 is 0. The zero-order valence-corrected chi connectivity index (χ0v) is 10.3. The molecule has 1 aromatic carbocycles. The van der Waals surface area contributed by atoms with Gasteiger partial charge in [0.15, 0.2) is 0 Å². The van der Waals surface area contributed by atoms with E-state index in [0.717, 1.165) is 22.5 Å². The fourth-order valence-corrected chi connectivity index (χ4v) is 1.99. The molecule has 0 aliphatic rings. The second-order valence-corrected chi connectivity index (χ2v) is 4.21. The van der Waals surface area contributed by atoms with Crippen LogP contribution in [0.2, 0.25) is 0 Å². The minimum absolute atomic E-state index is 0.500. The predicted molar refractivity (Wildman–Crippen MR) is 77.3 cm³/mol. The lowest BCUT2D eigenvalue weighted by atomic mass is 10.1. The van der Waals surface area contributed by atoms with Crippen molar-refractivity contribution in [1.82, 2.24) is 9.97 Å². The van der Waals surface area contributed by atoms with E-state index in [0.29, 0.717) is 5.82 Å². The van der Waals surface area contributed by atoms with Crippen molar-refractivity contribution in [3.05, 3.63) is 66.9 Å². The number of anilines is 1. The first kappa shape index (κ1) is 11.4. The molecule has 0 saturated carbocycles. The van der Waals surface area contributed by atoms with E-state index in [1.54, 1.807) is 6.20 Å². The SMILES string of the molecule is Nc1ncccc1-c1cccc(-c2ccccc2)n1. The fraction of sp³-hybridized carbons (Fsp3) is 0. The second-order valence-electron chi connectivity index (χ2n) is 4.21. The molecule has 2 N–H and O–H groups in total. The molecule has 3 nitrogen and oxygen atoms in total. The summed E-state index contributed by atoms with van der Waals surface area (Å²) in [7, 11) is 0. The Balaban J connectivity index is 2.09. The first-order valence-electron chi connectivity index (χ1n) is 6.08. The van der Waals surface area contributed by atoms with Crippen molar-refractivity contribution >= 4 is 5.82 Å². The highest BCUT2D eigenvalue weighted by molar-refractivity contribution is 5.72. The molecule has 0 atom stereocenters. The molecule has 2 heterocycles. The highest BCUT2D eigenvalue weighted by Gasteiger charge is 2.06. The molecule has 0 aliphatic heterocycles. The summed E-state index contributed by atoms with van der Waals surface area (Å²) in [5.41, 5.74) is 9.61. The van der Waals surface area contributed by atoms with Crippen LogP contribution in [0.15, 0.2) is 66.9 Å². The van der Waals surface area contributed by atoms with Crippen LogP contribution in [0.5, 0.6) is 0 Å². The van der Waals surface area contributed by atoms with Crippen molar-refractivity contribution in [2.75, 3.05) is 5.73 Å². The molecule has 3 heteroatoms. The molecule has 0 spiro atoms. The summed E-state index contributed by atoms with van der Waals surface area (Å²) in [4.78, 5) is 8.75. The Morgan fingerprint density at radius 2 is 1.53 bits per heavy atom. The minimum atomic E-state index is 0.500. The van der Waals surface area contributed by atoms with Crippen molar-refractivity contribution in [3.63, 3.8) is 0 Å². The number of hydrogen-bond acceptors (Lipinski definition) is 3. The van der Waals surface area contributed by atoms with E-state index in [4.69, 9.17) is 5.73 Å². The van der Waals surface area contributed by atoms with Gasteiger partial charge in [0.25, 0.3) is 0 Å². The molecule has 19 heavy (non-hydrogen) atoms. The summed E-state index contributed by atoms with van der Waals surface area (Å²) in [6.45, 7) is 0. The highest BCUT2D eigenvalue weighted by Crippen LogP contribution is 2.25. The van der Waals surface area contributed by atoms with Crippen LogP contribution in [0.25, 0.3) is 22.5 Å². The summed E-state index contributed by atoms with van der Waals surface area (Å²) in [5.74, 6) is 0.500. The van der Waals surface area contributed by atoms with Crippen LogP contribution in [0, 0.1) is 0 Å². The standard InChI is InChI=1S/C16H13N3/c17-16-13(8-5-11-18-16)15-10-4-9-14(19-15)12-6-2-1-3-7-12/h1-11H,(H2,17,18). The molecule has 0 fully saturated rings. The van der Waals surface area contributed by atoms with Gasteiger partial charge >= 0.3 is 0 Å². The van der Waals surface area contributed by atoms with E-state index in [2.05, 4.69) is 9.97 Å². The van der Waals surface area contributed by atoms with Crippen LogP contribution in [-0.2, 0) is 0 Å². The van der Waals surface area contributed by atoms with Crippen molar-refractivity contribution in [3.8, 4) is 22.5 Å². The van der Waals surface area contributed by atoms with Gasteiger partial charge in [-0.15, -0.1) is 0 Å². The van der Waals surface area contributed by atoms with Crippen LogP contribution >= 0.6 is 0 Å². The molecule has 3 rings (SSSR count). The molecule has 0 aliphatic carbocycles. The Labute approximate surface area is 111 Å². The summed E-state index contributed by atoms with van der Waals surface area (Å²) in [6, 6.07) is 19.8. The first-order chi connectivity index (χ1) is 9.34. The molecular formula is C16H13N3. The van der Waals surface area contributed by atoms with Gasteiger partial charge in [-0.1, -0.05) is 36.4 Å². The molecule has 0 unspecified atom stereocenters. The van der Waals surface area contributed by atoms with Gasteiger partial charge in [-0.3, -0.25) is 0 Å². The van der Waals surface area contributed by atoms with Crippen LogP contribution in [0.3, 0.4) is 0 Å². The van der Waals surface area contributed by atoms with E-state index >= 15 is 0 Å². The van der Waals surface area contributed by atoms with Gasteiger partial charge in [0.2, 0.25) is 0 Å². The fourth-order valence-electron chi connectivity index (χ4n) is 1.99. The number of nitrogen functional groups attached to an aromatic ring is 1. The van der Waals surface area contributed by atoms with E-state index in [-0.39, 0.29) is 0 Å². The molecule has 3 aromatic rings. The Morgan fingerprint density at radius 3 is 2.32 bits per heavy atom. The van der Waals surface area contributed by atoms with Crippen LogP contribution in [0.1, 0.15) is 0 Å². The Bertz CT molecular complexity index is 693. The summed E-state index contributed by atoms with van der Waals surface area (Å²) >= 11 is 0. The zero-order chi connectivity index (χ0) is 13.1. The number of benzene rings is 1. The van der Waals surface area contributed by atoms with Crippen molar-refractivity contribution in [1.29, 1.82) is 0 Å². The zero-order valence-electron chi connectivity index (χ0n) is 10.3. The third-order valence-electron chi connectivity index (χ3n) is 2.93. The van der Waals surface area contributed by atoms with Gasteiger partial charge in [-0.25, -0.2) is 9.97 Å². The Morgan fingerprint density at radius 1 is 0.737 bits per heavy atom. The number of rotatable bonds is 2. The van der Waals surface area contributed by atoms with Crippen LogP contribution in [-0.4, -0.2) is 9.97 Å². The highest BCUT2D eigenvalue weighted by atomic mass is 14.8. The van der Waals surface area contributed by atoms with Gasteiger partial charge < -0.3 is 5.73 Å². The summed E-state index contributed by atoms with van der Waals surface area (Å²) in [6.07, 6.45) is 1.68. The van der Waals surface area contributed by atoms with Gasteiger partial charge in [0.05, 0.1) is 11.4 Å².